The predicted octanol–water partition coefficient (Wildman–Crippen LogP) is 4.72. The van der Waals surface area contributed by atoms with Crippen LogP contribution in [0.1, 0.15) is 37.7 Å². The van der Waals surface area contributed by atoms with Crippen LogP contribution in [0.5, 0.6) is 0 Å². The van der Waals surface area contributed by atoms with Gasteiger partial charge in [0.15, 0.2) is 0 Å². The number of methoxy groups -OCH3 is 1. The lowest BCUT2D eigenvalue weighted by molar-refractivity contribution is 0.162. The molecule has 21 heavy (non-hydrogen) atoms. The molecule has 2 rings (SSSR count). The monoisotopic (exact) mass is 329 g/mol. The van der Waals surface area contributed by atoms with Crippen molar-refractivity contribution in [3.63, 3.8) is 0 Å². The highest BCUT2D eigenvalue weighted by atomic mass is 35.5. The van der Waals surface area contributed by atoms with Crippen molar-refractivity contribution in [1.29, 1.82) is 0 Å². The van der Waals surface area contributed by atoms with Gasteiger partial charge in [0.2, 0.25) is 0 Å². The summed E-state index contributed by atoms with van der Waals surface area (Å²) in [6, 6.07) is 5.79. The molecule has 0 radical (unpaired) electrons. The third-order valence-electron chi connectivity index (χ3n) is 4.47. The van der Waals surface area contributed by atoms with Crippen molar-refractivity contribution in [3.8, 4) is 0 Å². The molecule has 1 aliphatic rings. The van der Waals surface area contributed by atoms with Gasteiger partial charge in [-0.05, 0) is 48.4 Å². The van der Waals surface area contributed by atoms with Gasteiger partial charge in [0.25, 0.3) is 0 Å². The highest BCUT2D eigenvalue weighted by Gasteiger charge is 2.32. The Labute approximate surface area is 138 Å². The largest absolute Gasteiger partial charge is 0.383 e. The van der Waals surface area contributed by atoms with Crippen molar-refractivity contribution in [2.75, 3.05) is 26.8 Å². The Morgan fingerprint density at radius 2 is 1.95 bits per heavy atom. The van der Waals surface area contributed by atoms with Gasteiger partial charge in [-0.15, -0.1) is 0 Å². The Morgan fingerprint density at radius 1 is 1.19 bits per heavy atom. The zero-order valence-electron chi connectivity index (χ0n) is 12.8. The Balaban J connectivity index is 2.06. The fourth-order valence-electron chi connectivity index (χ4n) is 3.33. The number of hydrogen-bond acceptors (Lipinski definition) is 2. The van der Waals surface area contributed by atoms with E-state index >= 15 is 0 Å². The first-order valence-corrected chi connectivity index (χ1v) is 8.54. The van der Waals surface area contributed by atoms with E-state index in [1.165, 1.54) is 37.7 Å². The van der Waals surface area contributed by atoms with Crippen molar-refractivity contribution in [3.05, 3.63) is 33.8 Å². The number of rotatable bonds is 7. The van der Waals surface area contributed by atoms with Gasteiger partial charge in [-0.3, -0.25) is 0 Å². The fourth-order valence-corrected chi connectivity index (χ4v) is 3.71. The number of halogens is 2. The van der Waals surface area contributed by atoms with Crippen LogP contribution in [-0.2, 0) is 11.2 Å². The minimum absolute atomic E-state index is 0.306. The van der Waals surface area contributed by atoms with Crippen molar-refractivity contribution in [1.82, 2.24) is 5.32 Å². The maximum absolute atomic E-state index is 6.36. The molecule has 1 fully saturated rings. The van der Waals surface area contributed by atoms with Crippen molar-refractivity contribution in [2.24, 2.45) is 5.41 Å². The first kappa shape index (κ1) is 17.1. The van der Waals surface area contributed by atoms with E-state index in [0.717, 1.165) is 36.2 Å². The van der Waals surface area contributed by atoms with E-state index in [4.69, 9.17) is 27.9 Å². The standard InChI is InChI=1S/C17H25Cl2NO/c1-21-10-9-20-13-17(7-3-2-4-8-17)12-14-11-15(18)5-6-16(14)19/h5-6,11,20H,2-4,7-10,12-13H2,1H3. The molecule has 1 saturated carbocycles. The topological polar surface area (TPSA) is 21.3 Å². The molecule has 0 unspecified atom stereocenters. The first-order valence-electron chi connectivity index (χ1n) is 7.79. The molecule has 2 nitrogen and oxygen atoms in total. The third kappa shape index (κ3) is 5.14. The van der Waals surface area contributed by atoms with E-state index < -0.39 is 0 Å². The minimum Gasteiger partial charge on any atom is -0.383 e. The van der Waals surface area contributed by atoms with Gasteiger partial charge < -0.3 is 10.1 Å². The van der Waals surface area contributed by atoms with Gasteiger partial charge in [0.05, 0.1) is 6.61 Å². The van der Waals surface area contributed by atoms with Crippen LogP contribution in [0.3, 0.4) is 0 Å². The summed E-state index contributed by atoms with van der Waals surface area (Å²) in [5, 5.41) is 5.16. The Bertz CT molecular complexity index is 444. The summed E-state index contributed by atoms with van der Waals surface area (Å²) in [7, 11) is 1.74. The second-order valence-corrected chi connectivity index (χ2v) is 6.99. The quantitative estimate of drug-likeness (QED) is 0.730. The molecule has 4 heteroatoms. The molecule has 0 aliphatic heterocycles. The van der Waals surface area contributed by atoms with Gasteiger partial charge in [-0.2, -0.15) is 0 Å². The van der Waals surface area contributed by atoms with Gasteiger partial charge in [0, 0.05) is 30.2 Å². The molecular weight excluding hydrogens is 305 g/mol. The SMILES string of the molecule is COCCNCC1(Cc2cc(Cl)ccc2Cl)CCCCC1. The van der Waals surface area contributed by atoms with Crippen LogP contribution in [0.2, 0.25) is 10.0 Å². The third-order valence-corrected chi connectivity index (χ3v) is 5.07. The Morgan fingerprint density at radius 3 is 2.67 bits per heavy atom. The van der Waals surface area contributed by atoms with Crippen LogP contribution in [0, 0.1) is 5.41 Å². The van der Waals surface area contributed by atoms with Crippen LogP contribution in [0.4, 0.5) is 0 Å². The second kappa shape index (κ2) is 8.38. The fraction of sp³-hybridized carbons (Fsp3) is 0.647. The Hall–Kier alpha value is -0.280. The molecule has 0 aromatic heterocycles. The lowest BCUT2D eigenvalue weighted by atomic mass is 9.70. The number of ether oxygens (including phenoxy) is 1. The molecule has 1 aromatic carbocycles. The minimum atomic E-state index is 0.306. The van der Waals surface area contributed by atoms with Gasteiger partial charge in [0.1, 0.15) is 0 Å². The first-order chi connectivity index (χ1) is 10.2. The second-order valence-electron chi connectivity index (χ2n) is 6.14. The predicted molar refractivity (Wildman–Crippen MR) is 90.4 cm³/mol. The zero-order valence-corrected chi connectivity index (χ0v) is 14.3. The maximum atomic E-state index is 6.36. The van der Waals surface area contributed by atoms with E-state index in [9.17, 15) is 0 Å². The molecule has 118 valence electrons. The molecule has 0 amide bonds. The van der Waals surface area contributed by atoms with Crippen LogP contribution >= 0.6 is 23.2 Å². The lowest BCUT2D eigenvalue weighted by Gasteiger charge is -2.38. The highest BCUT2D eigenvalue weighted by Crippen LogP contribution is 2.40. The number of benzene rings is 1. The molecule has 1 aromatic rings. The van der Waals surface area contributed by atoms with Crippen LogP contribution in [0.15, 0.2) is 18.2 Å². The van der Waals surface area contributed by atoms with Crippen LogP contribution in [-0.4, -0.2) is 26.8 Å². The van der Waals surface area contributed by atoms with Crippen molar-refractivity contribution >= 4 is 23.2 Å². The van der Waals surface area contributed by atoms with Gasteiger partial charge in [-0.25, -0.2) is 0 Å². The smallest absolute Gasteiger partial charge is 0.0587 e. The summed E-state index contributed by atoms with van der Waals surface area (Å²) in [5.41, 5.74) is 1.49. The summed E-state index contributed by atoms with van der Waals surface area (Å²) in [4.78, 5) is 0. The summed E-state index contributed by atoms with van der Waals surface area (Å²) < 4.78 is 5.12. The Kier molecular flexibility index (Phi) is 6.81. The number of nitrogens with one attached hydrogen (secondary N) is 1. The lowest BCUT2D eigenvalue weighted by Crippen LogP contribution is -2.39. The van der Waals surface area contributed by atoms with E-state index in [1.807, 2.05) is 18.2 Å². The molecule has 1 N–H and O–H groups in total. The van der Waals surface area contributed by atoms with Crippen LogP contribution in [0.25, 0.3) is 0 Å². The average molecular weight is 330 g/mol. The van der Waals surface area contributed by atoms with E-state index in [1.54, 1.807) is 7.11 Å². The summed E-state index contributed by atoms with van der Waals surface area (Å²) in [5.74, 6) is 0. The highest BCUT2D eigenvalue weighted by molar-refractivity contribution is 6.33. The summed E-state index contributed by atoms with van der Waals surface area (Å²) >= 11 is 12.5. The van der Waals surface area contributed by atoms with Crippen LogP contribution < -0.4 is 5.32 Å². The molecule has 0 spiro atoms. The van der Waals surface area contributed by atoms with E-state index in [-0.39, 0.29) is 0 Å². The van der Waals surface area contributed by atoms with Gasteiger partial charge >= 0.3 is 0 Å². The molecule has 0 atom stereocenters. The van der Waals surface area contributed by atoms with Crippen molar-refractivity contribution < 1.29 is 4.74 Å². The molecule has 0 bridgehead atoms. The van der Waals surface area contributed by atoms with Gasteiger partial charge in [-0.1, -0.05) is 42.5 Å². The molecular formula is C17H25Cl2NO. The maximum Gasteiger partial charge on any atom is 0.0587 e. The average Bonchev–Trinajstić information content (AvgIpc) is 2.49. The molecule has 0 saturated heterocycles. The summed E-state index contributed by atoms with van der Waals surface area (Å²) in [6.45, 7) is 2.69. The zero-order chi connectivity index (χ0) is 15.1. The van der Waals surface area contributed by atoms with E-state index in [2.05, 4.69) is 5.32 Å². The number of hydrogen-bond donors (Lipinski definition) is 1. The molecule has 0 heterocycles. The molecule has 1 aliphatic carbocycles. The summed E-state index contributed by atoms with van der Waals surface area (Å²) in [6.07, 6.45) is 7.50. The van der Waals surface area contributed by atoms with E-state index in [0.29, 0.717) is 5.41 Å². The van der Waals surface area contributed by atoms with Crippen molar-refractivity contribution in [2.45, 2.75) is 38.5 Å². The normalized spacial score (nSPS) is 17.9.